The van der Waals surface area contributed by atoms with Crippen LogP contribution in [0.25, 0.3) is 0 Å². The molecular weight excluding hydrogens is 432 g/mol. The summed E-state index contributed by atoms with van der Waals surface area (Å²) in [6.45, 7) is 5.35. The standard InChI is InChI=1S/C27H30N2O5/c1-4-5-16-23(30)33-18-27(21-12-8-6-9-13-21,22-14-10-7-11-15-22)24(25(31)32)34-26-28-19(2)17-20(3)29-26/h6-15,17,24H,4-5,16,18H2,1-3H3,(H,31,32). The molecule has 0 saturated carbocycles. The number of rotatable bonds is 11. The predicted molar refractivity (Wildman–Crippen MR) is 128 cm³/mol. The average Bonchev–Trinajstić information content (AvgIpc) is 2.83. The molecule has 1 heterocycles. The van der Waals surface area contributed by atoms with Crippen LogP contribution in [-0.4, -0.2) is 39.7 Å². The van der Waals surface area contributed by atoms with Gasteiger partial charge in [0, 0.05) is 17.8 Å². The van der Waals surface area contributed by atoms with Crippen molar-refractivity contribution in [2.24, 2.45) is 0 Å². The van der Waals surface area contributed by atoms with E-state index in [0.29, 0.717) is 28.9 Å². The zero-order valence-corrected chi connectivity index (χ0v) is 19.7. The third-order valence-electron chi connectivity index (χ3n) is 5.63. The summed E-state index contributed by atoms with van der Waals surface area (Å²) in [6, 6.07) is 19.9. The van der Waals surface area contributed by atoms with Crippen LogP contribution in [-0.2, 0) is 19.7 Å². The molecular formula is C27H30N2O5. The Hall–Kier alpha value is -3.74. The maximum atomic E-state index is 12.8. The Morgan fingerprint density at radius 1 is 0.941 bits per heavy atom. The van der Waals surface area contributed by atoms with Crippen LogP contribution in [0.5, 0.6) is 6.01 Å². The number of carbonyl (C=O) groups is 2. The van der Waals surface area contributed by atoms with Crippen LogP contribution in [0.15, 0.2) is 66.7 Å². The fourth-order valence-electron chi connectivity index (χ4n) is 3.98. The molecule has 0 aliphatic heterocycles. The molecule has 0 spiro atoms. The number of ether oxygens (including phenoxy) is 2. The summed E-state index contributed by atoms with van der Waals surface area (Å²) in [6.07, 6.45) is 0.326. The van der Waals surface area contributed by atoms with Gasteiger partial charge in [0.25, 0.3) is 0 Å². The first-order valence-electron chi connectivity index (χ1n) is 11.3. The molecule has 0 aliphatic carbocycles. The van der Waals surface area contributed by atoms with Gasteiger partial charge in [0.2, 0.25) is 6.10 Å². The SMILES string of the molecule is CCCCC(=O)OCC(c1ccccc1)(c1ccccc1)C(Oc1nc(C)cc(C)n1)C(=O)O. The Bertz CT molecular complexity index is 1040. The molecule has 1 aromatic heterocycles. The molecule has 0 bridgehead atoms. The molecule has 1 unspecified atom stereocenters. The Balaban J connectivity index is 2.17. The summed E-state index contributed by atoms with van der Waals surface area (Å²) in [5.74, 6) is -1.61. The van der Waals surface area contributed by atoms with Crippen molar-refractivity contribution >= 4 is 11.9 Å². The summed E-state index contributed by atoms with van der Waals surface area (Å²) in [5, 5.41) is 10.4. The summed E-state index contributed by atoms with van der Waals surface area (Å²) in [7, 11) is 0. The van der Waals surface area contributed by atoms with E-state index in [2.05, 4.69) is 9.97 Å². The first-order chi connectivity index (χ1) is 16.4. The van der Waals surface area contributed by atoms with Crippen LogP contribution < -0.4 is 4.74 Å². The van der Waals surface area contributed by atoms with Gasteiger partial charge >= 0.3 is 17.9 Å². The fourth-order valence-corrected chi connectivity index (χ4v) is 3.98. The number of benzene rings is 2. The lowest BCUT2D eigenvalue weighted by molar-refractivity contribution is -0.155. The van der Waals surface area contributed by atoms with Gasteiger partial charge in [-0.25, -0.2) is 14.8 Å². The summed E-state index contributed by atoms with van der Waals surface area (Å²) in [4.78, 5) is 33.9. The third kappa shape index (κ3) is 5.78. The minimum absolute atomic E-state index is 0.0431. The second-order valence-corrected chi connectivity index (χ2v) is 8.24. The lowest BCUT2D eigenvalue weighted by atomic mass is 9.70. The highest BCUT2D eigenvalue weighted by Crippen LogP contribution is 2.38. The smallest absolute Gasteiger partial charge is 0.346 e. The molecule has 178 valence electrons. The molecule has 34 heavy (non-hydrogen) atoms. The summed E-state index contributed by atoms with van der Waals surface area (Å²) >= 11 is 0. The Morgan fingerprint density at radius 2 is 1.47 bits per heavy atom. The highest BCUT2D eigenvalue weighted by atomic mass is 16.5. The van der Waals surface area contributed by atoms with E-state index in [9.17, 15) is 14.7 Å². The monoisotopic (exact) mass is 462 g/mol. The van der Waals surface area contributed by atoms with Crippen molar-refractivity contribution in [2.45, 2.75) is 51.6 Å². The van der Waals surface area contributed by atoms with E-state index in [4.69, 9.17) is 9.47 Å². The van der Waals surface area contributed by atoms with E-state index in [0.717, 1.165) is 6.42 Å². The van der Waals surface area contributed by atoms with Crippen molar-refractivity contribution < 1.29 is 24.2 Å². The Kier molecular flexibility index (Phi) is 8.35. The van der Waals surface area contributed by atoms with Gasteiger partial charge in [-0.2, -0.15) is 0 Å². The van der Waals surface area contributed by atoms with Gasteiger partial charge in [-0.05, 0) is 37.5 Å². The number of aryl methyl sites for hydroxylation is 2. The van der Waals surface area contributed by atoms with Gasteiger partial charge in [0.1, 0.15) is 12.0 Å². The van der Waals surface area contributed by atoms with Crippen LogP contribution in [0, 0.1) is 13.8 Å². The molecule has 7 heteroatoms. The number of nitrogens with zero attached hydrogens (tertiary/aromatic N) is 2. The second kappa shape index (κ2) is 11.4. The number of aromatic nitrogens is 2. The van der Waals surface area contributed by atoms with Crippen LogP contribution in [0.4, 0.5) is 0 Å². The summed E-state index contributed by atoms with van der Waals surface area (Å²) < 4.78 is 11.7. The number of hydrogen-bond donors (Lipinski definition) is 1. The van der Waals surface area contributed by atoms with Gasteiger partial charge in [0.05, 0.1) is 0 Å². The number of hydrogen-bond acceptors (Lipinski definition) is 6. The second-order valence-electron chi connectivity index (χ2n) is 8.24. The van der Waals surface area contributed by atoms with Crippen LogP contribution in [0.1, 0.15) is 48.7 Å². The number of carboxylic acid groups (broad SMARTS) is 1. The van der Waals surface area contributed by atoms with E-state index in [-0.39, 0.29) is 25.0 Å². The average molecular weight is 463 g/mol. The first kappa shape index (κ1) is 24.9. The largest absolute Gasteiger partial charge is 0.478 e. The Labute approximate surface area is 199 Å². The van der Waals surface area contributed by atoms with Crippen molar-refractivity contribution in [1.29, 1.82) is 0 Å². The zero-order chi connectivity index (χ0) is 24.6. The third-order valence-corrected chi connectivity index (χ3v) is 5.63. The zero-order valence-electron chi connectivity index (χ0n) is 19.7. The van der Waals surface area contributed by atoms with Crippen molar-refractivity contribution in [2.75, 3.05) is 6.61 Å². The number of unbranched alkanes of at least 4 members (excludes halogenated alkanes) is 1. The highest BCUT2D eigenvalue weighted by Gasteiger charge is 2.50. The predicted octanol–water partition coefficient (Wildman–Crippen LogP) is 4.65. The van der Waals surface area contributed by atoms with Gasteiger partial charge in [-0.3, -0.25) is 4.79 Å². The minimum atomic E-state index is -1.47. The molecule has 1 N–H and O–H groups in total. The van der Waals surface area contributed by atoms with Crippen LogP contribution in [0.3, 0.4) is 0 Å². The molecule has 1 atom stereocenters. The molecule has 3 rings (SSSR count). The van der Waals surface area contributed by atoms with Crippen LogP contribution in [0.2, 0.25) is 0 Å². The van der Waals surface area contributed by atoms with Crippen molar-refractivity contribution in [3.05, 3.63) is 89.2 Å². The number of carboxylic acids is 1. The molecule has 2 aromatic carbocycles. The normalized spacial score (nSPS) is 12.1. The molecule has 0 radical (unpaired) electrons. The number of esters is 1. The van der Waals surface area contributed by atoms with E-state index in [1.807, 2.05) is 67.6 Å². The molecule has 0 aliphatic rings. The maximum Gasteiger partial charge on any atom is 0.346 e. The fraction of sp³-hybridized carbons (Fsp3) is 0.333. The minimum Gasteiger partial charge on any atom is -0.478 e. The van der Waals surface area contributed by atoms with E-state index in [1.165, 1.54) is 0 Å². The lowest BCUT2D eigenvalue weighted by Crippen LogP contribution is -2.52. The number of carbonyl (C=O) groups excluding carboxylic acids is 1. The first-order valence-corrected chi connectivity index (χ1v) is 11.3. The highest BCUT2D eigenvalue weighted by molar-refractivity contribution is 5.77. The molecule has 0 fully saturated rings. The van der Waals surface area contributed by atoms with Gasteiger partial charge in [0.15, 0.2) is 0 Å². The summed E-state index contributed by atoms with van der Waals surface area (Å²) in [5.41, 5.74) is 1.24. The quantitative estimate of drug-likeness (QED) is 0.414. The van der Waals surface area contributed by atoms with Crippen molar-refractivity contribution in [1.82, 2.24) is 9.97 Å². The van der Waals surface area contributed by atoms with Gasteiger partial charge in [-0.15, -0.1) is 0 Å². The molecule has 7 nitrogen and oxygen atoms in total. The van der Waals surface area contributed by atoms with Crippen molar-refractivity contribution in [3.63, 3.8) is 0 Å². The molecule has 0 amide bonds. The van der Waals surface area contributed by atoms with Crippen LogP contribution >= 0.6 is 0 Å². The molecule has 3 aromatic rings. The lowest BCUT2D eigenvalue weighted by Gasteiger charge is -2.38. The van der Waals surface area contributed by atoms with E-state index >= 15 is 0 Å². The van der Waals surface area contributed by atoms with Gasteiger partial charge in [-0.1, -0.05) is 74.0 Å². The topological polar surface area (TPSA) is 98.6 Å². The number of aliphatic carboxylic acids is 1. The van der Waals surface area contributed by atoms with E-state index < -0.39 is 17.5 Å². The molecule has 0 saturated heterocycles. The van der Waals surface area contributed by atoms with Gasteiger partial charge < -0.3 is 14.6 Å². The Morgan fingerprint density at radius 3 is 1.94 bits per heavy atom. The van der Waals surface area contributed by atoms with Crippen molar-refractivity contribution in [3.8, 4) is 6.01 Å². The maximum absolute atomic E-state index is 12.8. The van der Waals surface area contributed by atoms with E-state index in [1.54, 1.807) is 19.9 Å².